The summed E-state index contributed by atoms with van der Waals surface area (Å²) >= 11 is 0. The molecule has 0 saturated heterocycles. The second-order valence-electron chi connectivity index (χ2n) is 5.98. The summed E-state index contributed by atoms with van der Waals surface area (Å²) in [5, 5.41) is 6.82. The zero-order valence-corrected chi connectivity index (χ0v) is 13.2. The summed E-state index contributed by atoms with van der Waals surface area (Å²) < 4.78 is 0. The van der Waals surface area contributed by atoms with Gasteiger partial charge in [0.15, 0.2) is 0 Å². The highest BCUT2D eigenvalue weighted by Gasteiger charge is 2.15. The quantitative estimate of drug-likeness (QED) is 0.882. The van der Waals surface area contributed by atoms with Gasteiger partial charge < -0.3 is 15.5 Å². The largest absolute Gasteiger partial charge is 0.378 e. The van der Waals surface area contributed by atoms with E-state index in [4.69, 9.17) is 0 Å². The van der Waals surface area contributed by atoms with Crippen LogP contribution in [-0.2, 0) is 0 Å². The minimum atomic E-state index is 0.558. The van der Waals surface area contributed by atoms with E-state index in [1.165, 1.54) is 31.4 Å². The molecular weight excluding hydrogens is 274 g/mol. The molecule has 1 aromatic heterocycles. The molecule has 2 N–H and O–H groups in total. The van der Waals surface area contributed by atoms with Crippen LogP contribution < -0.4 is 15.5 Å². The summed E-state index contributed by atoms with van der Waals surface area (Å²) in [6.07, 6.45) is 6.70. The number of rotatable bonds is 5. The standard InChI is InChI=1S/C17H23N5/c1-22(2)15-9-7-14(8-10-15)21-17-11-16(18-12-19-17)20-13-5-3-4-6-13/h7-13H,3-6H2,1-2H3,(H2,18,19,20,21). The molecule has 22 heavy (non-hydrogen) atoms. The van der Waals surface area contributed by atoms with Gasteiger partial charge in [-0.3, -0.25) is 0 Å². The Labute approximate surface area is 131 Å². The molecule has 116 valence electrons. The van der Waals surface area contributed by atoms with Crippen LogP contribution in [0.2, 0.25) is 0 Å². The summed E-state index contributed by atoms with van der Waals surface area (Å²) in [6, 6.07) is 10.8. The minimum Gasteiger partial charge on any atom is -0.378 e. The number of hydrogen-bond acceptors (Lipinski definition) is 5. The highest BCUT2D eigenvalue weighted by Crippen LogP contribution is 2.23. The van der Waals surface area contributed by atoms with E-state index in [0.717, 1.165) is 17.3 Å². The van der Waals surface area contributed by atoms with Crippen molar-refractivity contribution in [3.05, 3.63) is 36.7 Å². The summed E-state index contributed by atoms with van der Waals surface area (Å²) in [5.74, 6) is 1.71. The third-order valence-electron chi connectivity index (χ3n) is 4.03. The molecular formula is C17H23N5. The lowest BCUT2D eigenvalue weighted by molar-refractivity contribution is 0.750. The molecule has 0 aliphatic heterocycles. The first-order valence-electron chi connectivity index (χ1n) is 7.84. The minimum absolute atomic E-state index is 0.558. The van der Waals surface area contributed by atoms with Gasteiger partial charge in [-0.15, -0.1) is 0 Å². The molecule has 1 aliphatic carbocycles. The second-order valence-corrected chi connectivity index (χ2v) is 5.98. The maximum Gasteiger partial charge on any atom is 0.135 e. The van der Waals surface area contributed by atoms with E-state index in [1.807, 2.05) is 20.2 Å². The van der Waals surface area contributed by atoms with Crippen molar-refractivity contribution in [3.8, 4) is 0 Å². The van der Waals surface area contributed by atoms with Gasteiger partial charge in [0, 0.05) is 37.6 Å². The molecule has 1 fully saturated rings. The number of benzene rings is 1. The van der Waals surface area contributed by atoms with E-state index in [2.05, 4.69) is 49.8 Å². The molecule has 0 unspecified atom stereocenters. The van der Waals surface area contributed by atoms with Crippen LogP contribution in [-0.4, -0.2) is 30.1 Å². The molecule has 0 amide bonds. The Kier molecular flexibility index (Phi) is 4.42. The maximum absolute atomic E-state index is 4.31. The van der Waals surface area contributed by atoms with Crippen molar-refractivity contribution in [2.45, 2.75) is 31.7 Å². The normalized spacial score (nSPS) is 14.8. The van der Waals surface area contributed by atoms with Gasteiger partial charge in [0.05, 0.1) is 0 Å². The third kappa shape index (κ3) is 3.67. The highest BCUT2D eigenvalue weighted by atomic mass is 15.1. The fourth-order valence-electron chi connectivity index (χ4n) is 2.77. The van der Waals surface area contributed by atoms with Crippen LogP contribution >= 0.6 is 0 Å². The van der Waals surface area contributed by atoms with E-state index < -0.39 is 0 Å². The molecule has 0 radical (unpaired) electrons. The van der Waals surface area contributed by atoms with Crippen LogP contribution in [0.4, 0.5) is 23.0 Å². The predicted molar refractivity (Wildman–Crippen MR) is 92.0 cm³/mol. The van der Waals surface area contributed by atoms with Crippen LogP contribution in [0.5, 0.6) is 0 Å². The maximum atomic E-state index is 4.31. The van der Waals surface area contributed by atoms with Crippen LogP contribution in [0, 0.1) is 0 Å². The van der Waals surface area contributed by atoms with Crippen LogP contribution in [0.25, 0.3) is 0 Å². The Morgan fingerprint density at radius 3 is 2.36 bits per heavy atom. The van der Waals surface area contributed by atoms with Gasteiger partial charge in [0.25, 0.3) is 0 Å². The number of anilines is 4. The smallest absolute Gasteiger partial charge is 0.135 e. The van der Waals surface area contributed by atoms with Gasteiger partial charge in [0.2, 0.25) is 0 Å². The van der Waals surface area contributed by atoms with Crippen LogP contribution in [0.15, 0.2) is 36.7 Å². The van der Waals surface area contributed by atoms with Crippen LogP contribution in [0.1, 0.15) is 25.7 Å². The first-order chi connectivity index (χ1) is 10.7. The fourth-order valence-corrected chi connectivity index (χ4v) is 2.77. The number of aromatic nitrogens is 2. The molecule has 0 atom stereocenters. The average molecular weight is 297 g/mol. The van der Waals surface area contributed by atoms with Crippen LogP contribution in [0.3, 0.4) is 0 Å². The van der Waals surface area contributed by atoms with Gasteiger partial charge in [-0.25, -0.2) is 9.97 Å². The average Bonchev–Trinajstić information content (AvgIpc) is 3.01. The van der Waals surface area contributed by atoms with Gasteiger partial charge in [0.1, 0.15) is 18.0 Å². The van der Waals surface area contributed by atoms with Crippen molar-refractivity contribution in [3.63, 3.8) is 0 Å². The Bertz CT molecular complexity index is 603. The van der Waals surface area contributed by atoms with Crippen molar-refractivity contribution in [1.29, 1.82) is 0 Å². The predicted octanol–water partition coefficient (Wildman–Crippen LogP) is 3.64. The molecule has 0 spiro atoms. The molecule has 1 aromatic carbocycles. The first-order valence-corrected chi connectivity index (χ1v) is 7.84. The van der Waals surface area contributed by atoms with E-state index in [1.54, 1.807) is 6.33 Å². The molecule has 1 heterocycles. The van der Waals surface area contributed by atoms with Crippen molar-refractivity contribution >= 4 is 23.0 Å². The van der Waals surface area contributed by atoms with Crippen molar-refractivity contribution in [1.82, 2.24) is 9.97 Å². The van der Waals surface area contributed by atoms with E-state index in [9.17, 15) is 0 Å². The van der Waals surface area contributed by atoms with Gasteiger partial charge in [-0.05, 0) is 37.1 Å². The first kappa shape index (κ1) is 14.6. The van der Waals surface area contributed by atoms with E-state index >= 15 is 0 Å². The second kappa shape index (κ2) is 6.64. The molecule has 2 aromatic rings. The fraction of sp³-hybridized carbons (Fsp3) is 0.412. The Morgan fingerprint density at radius 2 is 1.68 bits per heavy atom. The summed E-state index contributed by atoms with van der Waals surface area (Å²) in [4.78, 5) is 10.7. The van der Waals surface area contributed by atoms with Gasteiger partial charge >= 0.3 is 0 Å². The Balaban J connectivity index is 1.66. The molecule has 5 nitrogen and oxygen atoms in total. The lowest BCUT2D eigenvalue weighted by Crippen LogP contribution is -2.15. The summed E-state index contributed by atoms with van der Waals surface area (Å²) in [6.45, 7) is 0. The summed E-state index contributed by atoms with van der Waals surface area (Å²) in [7, 11) is 4.07. The van der Waals surface area contributed by atoms with Crippen molar-refractivity contribution in [2.75, 3.05) is 29.6 Å². The monoisotopic (exact) mass is 297 g/mol. The van der Waals surface area contributed by atoms with Crippen molar-refractivity contribution < 1.29 is 0 Å². The molecule has 5 heteroatoms. The Morgan fingerprint density at radius 1 is 1.00 bits per heavy atom. The molecule has 1 saturated carbocycles. The zero-order chi connectivity index (χ0) is 15.4. The van der Waals surface area contributed by atoms with Gasteiger partial charge in [-0.2, -0.15) is 0 Å². The van der Waals surface area contributed by atoms with E-state index in [0.29, 0.717) is 6.04 Å². The van der Waals surface area contributed by atoms with Gasteiger partial charge in [-0.1, -0.05) is 12.8 Å². The molecule has 0 bridgehead atoms. The molecule has 3 rings (SSSR count). The zero-order valence-electron chi connectivity index (χ0n) is 13.2. The SMILES string of the molecule is CN(C)c1ccc(Nc2cc(NC3CCCC3)ncn2)cc1. The Hall–Kier alpha value is -2.30. The van der Waals surface area contributed by atoms with E-state index in [-0.39, 0.29) is 0 Å². The molecule has 1 aliphatic rings. The lowest BCUT2D eigenvalue weighted by atomic mass is 10.2. The number of nitrogens with one attached hydrogen (secondary N) is 2. The number of nitrogens with zero attached hydrogens (tertiary/aromatic N) is 3. The summed E-state index contributed by atoms with van der Waals surface area (Å²) in [5.41, 5.74) is 2.20. The topological polar surface area (TPSA) is 53.1 Å². The third-order valence-corrected chi connectivity index (χ3v) is 4.03. The highest BCUT2D eigenvalue weighted by molar-refractivity contribution is 5.62. The van der Waals surface area contributed by atoms with Crippen molar-refractivity contribution in [2.24, 2.45) is 0 Å². The lowest BCUT2D eigenvalue weighted by Gasteiger charge is -2.14. The number of hydrogen-bond donors (Lipinski definition) is 2.